The highest BCUT2D eigenvalue weighted by Crippen LogP contribution is 2.42. The fourth-order valence-electron chi connectivity index (χ4n) is 3.63. The van der Waals surface area contributed by atoms with E-state index >= 15 is 0 Å². The fourth-order valence-corrected chi connectivity index (χ4v) is 3.63. The standard InChI is InChI=1S/C22H24N4O4/c1-29-14-10-13(11-15(12-14)30-2)26-18(8-5-9-27)20(28)19(21(26)23)22-24-16-6-3-4-7-17(16)25-22/h3-4,6-7,10-12,27-28H,5,8-9,23H2,1-2H3,(H,24,25). The summed E-state index contributed by atoms with van der Waals surface area (Å²) in [6.07, 6.45) is 0.893. The molecule has 0 amide bonds. The first-order valence-electron chi connectivity index (χ1n) is 9.58. The van der Waals surface area contributed by atoms with E-state index in [2.05, 4.69) is 9.97 Å². The summed E-state index contributed by atoms with van der Waals surface area (Å²) in [6, 6.07) is 13.0. The zero-order valence-corrected chi connectivity index (χ0v) is 16.8. The predicted molar refractivity (Wildman–Crippen MR) is 115 cm³/mol. The molecule has 0 saturated carbocycles. The average Bonchev–Trinajstić information content (AvgIpc) is 3.29. The minimum absolute atomic E-state index is 0.00801. The summed E-state index contributed by atoms with van der Waals surface area (Å²) in [4.78, 5) is 7.82. The number of rotatable bonds is 7. The lowest BCUT2D eigenvalue weighted by Crippen LogP contribution is -2.06. The number of nitrogens with one attached hydrogen (secondary N) is 1. The molecule has 0 radical (unpaired) electrons. The van der Waals surface area contributed by atoms with Crippen molar-refractivity contribution in [3.8, 4) is 34.3 Å². The van der Waals surface area contributed by atoms with Crippen LogP contribution in [0.25, 0.3) is 28.1 Å². The van der Waals surface area contributed by atoms with Gasteiger partial charge in [0.2, 0.25) is 0 Å². The van der Waals surface area contributed by atoms with Crippen LogP contribution in [0, 0.1) is 0 Å². The van der Waals surface area contributed by atoms with Gasteiger partial charge in [0, 0.05) is 24.8 Å². The molecule has 8 nitrogen and oxygen atoms in total. The monoisotopic (exact) mass is 408 g/mol. The van der Waals surface area contributed by atoms with Crippen molar-refractivity contribution in [3.63, 3.8) is 0 Å². The molecule has 2 aromatic carbocycles. The lowest BCUT2D eigenvalue weighted by Gasteiger charge is -2.14. The normalized spacial score (nSPS) is 11.2. The van der Waals surface area contributed by atoms with Gasteiger partial charge in [0.15, 0.2) is 0 Å². The van der Waals surface area contributed by atoms with Crippen LogP contribution in [0.2, 0.25) is 0 Å². The molecular weight excluding hydrogens is 384 g/mol. The highest BCUT2D eigenvalue weighted by atomic mass is 16.5. The summed E-state index contributed by atoms with van der Waals surface area (Å²) in [6.45, 7) is -0.00801. The molecule has 30 heavy (non-hydrogen) atoms. The SMILES string of the molecule is COc1cc(OC)cc(-n2c(N)c(-c3nc4ccccc4[nH]3)c(O)c2CCCO)c1. The van der Waals surface area contributed by atoms with Crippen LogP contribution >= 0.6 is 0 Å². The molecule has 0 aliphatic carbocycles. The molecule has 0 bridgehead atoms. The van der Waals surface area contributed by atoms with Crippen molar-refractivity contribution in [2.75, 3.05) is 26.6 Å². The maximum Gasteiger partial charge on any atom is 0.150 e. The first-order valence-corrected chi connectivity index (χ1v) is 9.58. The van der Waals surface area contributed by atoms with Crippen molar-refractivity contribution in [2.24, 2.45) is 0 Å². The van der Waals surface area contributed by atoms with Crippen LogP contribution in [-0.2, 0) is 6.42 Å². The van der Waals surface area contributed by atoms with Crippen LogP contribution in [0.3, 0.4) is 0 Å². The van der Waals surface area contributed by atoms with Gasteiger partial charge in [-0.25, -0.2) is 4.98 Å². The smallest absolute Gasteiger partial charge is 0.150 e. The second-order valence-electron chi connectivity index (χ2n) is 6.89. The number of aliphatic hydroxyl groups is 1. The Hall–Kier alpha value is -3.65. The summed E-state index contributed by atoms with van der Waals surface area (Å²) in [5, 5.41) is 20.5. The van der Waals surface area contributed by atoms with Crippen LogP contribution in [0.4, 0.5) is 5.82 Å². The van der Waals surface area contributed by atoms with Gasteiger partial charge in [0.1, 0.15) is 34.5 Å². The van der Waals surface area contributed by atoms with Gasteiger partial charge >= 0.3 is 0 Å². The molecule has 0 atom stereocenters. The molecule has 0 aliphatic rings. The lowest BCUT2D eigenvalue weighted by atomic mass is 10.2. The number of H-pyrrole nitrogens is 1. The number of aromatic hydroxyl groups is 1. The van der Waals surface area contributed by atoms with Crippen LogP contribution in [0.5, 0.6) is 17.2 Å². The van der Waals surface area contributed by atoms with Crippen molar-refractivity contribution < 1.29 is 19.7 Å². The molecule has 0 aliphatic heterocycles. The van der Waals surface area contributed by atoms with E-state index in [1.807, 2.05) is 36.4 Å². The van der Waals surface area contributed by atoms with Gasteiger partial charge in [0.05, 0.1) is 36.6 Å². The van der Waals surface area contributed by atoms with Crippen molar-refractivity contribution >= 4 is 16.9 Å². The minimum Gasteiger partial charge on any atom is -0.505 e. The van der Waals surface area contributed by atoms with E-state index in [4.69, 9.17) is 15.2 Å². The molecule has 8 heteroatoms. The first-order chi connectivity index (χ1) is 14.6. The first kappa shape index (κ1) is 19.7. The molecular formula is C22H24N4O4. The van der Waals surface area contributed by atoms with E-state index < -0.39 is 0 Å². The van der Waals surface area contributed by atoms with Crippen molar-refractivity contribution in [3.05, 3.63) is 48.2 Å². The number of hydrogen-bond acceptors (Lipinski definition) is 6. The summed E-state index contributed by atoms with van der Waals surface area (Å²) < 4.78 is 12.5. The Balaban J connectivity index is 1.95. The van der Waals surface area contributed by atoms with Gasteiger partial charge < -0.3 is 30.4 Å². The van der Waals surface area contributed by atoms with Gasteiger partial charge in [-0.3, -0.25) is 4.57 Å². The van der Waals surface area contributed by atoms with Crippen LogP contribution in [0.1, 0.15) is 12.1 Å². The molecule has 0 spiro atoms. The largest absolute Gasteiger partial charge is 0.505 e. The van der Waals surface area contributed by atoms with Gasteiger partial charge in [0.25, 0.3) is 0 Å². The third-order valence-electron chi connectivity index (χ3n) is 5.07. The van der Waals surface area contributed by atoms with Crippen LogP contribution in [0.15, 0.2) is 42.5 Å². The van der Waals surface area contributed by atoms with Crippen LogP contribution in [-0.4, -0.2) is 45.6 Å². The number of anilines is 1. The molecule has 156 valence electrons. The molecule has 2 aromatic heterocycles. The van der Waals surface area contributed by atoms with E-state index in [1.54, 1.807) is 24.9 Å². The van der Waals surface area contributed by atoms with E-state index in [0.717, 1.165) is 11.0 Å². The Morgan fingerprint density at radius 3 is 2.43 bits per heavy atom. The fraction of sp³-hybridized carbons (Fsp3) is 0.227. The number of hydrogen-bond donors (Lipinski definition) is 4. The number of aromatic nitrogens is 3. The third kappa shape index (κ3) is 3.31. The van der Waals surface area contributed by atoms with E-state index in [9.17, 15) is 10.2 Å². The maximum atomic E-state index is 11.1. The summed E-state index contributed by atoms with van der Waals surface area (Å²) >= 11 is 0. The number of imidazole rings is 1. The van der Waals surface area contributed by atoms with Gasteiger partial charge in [-0.1, -0.05) is 12.1 Å². The predicted octanol–water partition coefficient (Wildman–Crippen LogP) is 3.25. The molecule has 0 unspecified atom stereocenters. The zero-order chi connectivity index (χ0) is 21.3. The third-order valence-corrected chi connectivity index (χ3v) is 5.07. The van der Waals surface area contributed by atoms with E-state index in [-0.39, 0.29) is 12.4 Å². The number of nitrogens with zero attached hydrogens (tertiary/aromatic N) is 2. The number of aromatic amines is 1. The number of ether oxygens (including phenoxy) is 2. The number of nitrogens with two attached hydrogens (primary N) is 1. The minimum atomic E-state index is -0.00801. The second-order valence-corrected chi connectivity index (χ2v) is 6.89. The summed E-state index contributed by atoms with van der Waals surface area (Å²) in [5.74, 6) is 2.02. The van der Waals surface area contributed by atoms with E-state index in [1.165, 1.54) is 0 Å². The molecule has 0 saturated heterocycles. The quantitative estimate of drug-likeness (QED) is 0.373. The van der Waals surface area contributed by atoms with Crippen molar-refractivity contribution in [2.45, 2.75) is 12.8 Å². The number of nitrogen functional groups attached to an aromatic ring is 1. The average molecular weight is 408 g/mol. The highest BCUT2D eigenvalue weighted by molar-refractivity contribution is 5.86. The Morgan fingerprint density at radius 2 is 1.80 bits per heavy atom. The number of fused-ring (bicyclic) bond motifs is 1. The highest BCUT2D eigenvalue weighted by Gasteiger charge is 2.25. The molecule has 0 fully saturated rings. The summed E-state index contributed by atoms with van der Waals surface area (Å²) in [5.41, 5.74) is 9.84. The Bertz CT molecular complexity index is 1140. The van der Waals surface area contributed by atoms with E-state index in [0.29, 0.717) is 52.9 Å². The number of methoxy groups -OCH3 is 2. The Morgan fingerprint density at radius 1 is 1.10 bits per heavy atom. The van der Waals surface area contributed by atoms with Crippen molar-refractivity contribution in [1.82, 2.24) is 14.5 Å². The van der Waals surface area contributed by atoms with Gasteiger partial charge in [-0.05, 0) is 25.0 Å². The summed E-state index contributed by atoms with van der Waals surface area (Å²) in [7, 11) is 3.14. The lowest BCUT2D eigenvalue weighted by molar-refractivity contribution is 0.287. The molecule has 4 rings (SSSR count). The second kappa shape index (κ2) is 8.00. The van der Waals surface area contributed by atoms with Crippen molar-refractivity contribution in [1.29, 1.82) is 0 Å². The number of aliphatic hydroxyl groups excluding tert-OH is 1. The molecule has 5 N–H and O–H groups in total. The maximum absolute atomic E-state index is 11.1. The zero-order valence-electron chi connectivity index (χ0n) is 16.8. The molecule has 2 heterocycles. The molecule has 4 aromatic rings. The van der Waals surface area contributed by atoms with Crippen LogP contribution < -0.4 is 15.2 Å². The Kier molecular flexibility index (Phi) is 5.24. The number of para-hydroxylation sites is 2. The number of benzene rings is 2. The van der Waals surface area contributed by atoms with Gasteiger partial charge in [-0.15, -0.1) is 0 Å². The topological polar surface area (TPSA) is 119 Å². The van der Waals surface area contributed by atoms with Gasteiger partial charge in [-0.2, -0.15) is 0 Å². The Labute approximate surface area is 173 Å².